The Morgan fingerprint density at radius 3 is 2.43 bits per heavy atom. The van der Waals surface area contributed by atoms with E-state index in [2.05, 4.69) is 4.99 Å². The Balaban J connectivity index is 2.38. The first-order valence-corrected chi connectivity index (χ1v) is 6.76. The lowest BCUT2D eigenvalue weighted by Crippen LogP contribution is -2.14. The van der Waals surface area contributed by atoms with Crippen LogP contribution in [-0.2, 0) is 4.74 Å². The highest BCUT2D eigenvalue weighted by atomic mass is 16.5. The molecule has 0 amide bonds. The number of ether oxygens (including phenoxy) is 1. The molecule has 0 radical (unpaired) electrons. The third-order valence-corrected chi connectivity index (χ3v) is 3.15. The molecule has 0 saturated heterocycles. The summed E-state index contributed by atoms with van der Waals surface area (Å²) in [5.41, 5.74) is 9.30. The number of nitrogens with zero attached hydrogens (tertiary/aromatic N) is 1. The average Bonchev–Trinajstić information content (AvgIpc) is 2.54. The van der Waals surface area contributed by atoms with Gasteiger partial charge in [0, 0.05) is 12.6 Å². The summed E-state index contributed by atoms with van der Waals surface area (Å²) in [5, 5.41) is 0. The molecular formula is C17H18N2O2. The van der Waals surface area contributed by atoms with Crippen LogP contribution in [0.15, 0.2) is 53.5 Å². The van der Waals surface area contributed by atoms with E-state index in [1.807, 2.05) is 36.4 Å². The minimum Gasteiger partial charge on any atom is -0.462 e. The Morgan fingerprint density at radius 2 is 1.81 bits per heavy atom. The third kappa shape index (κ3) is 3.28. The predicted molar refractivity (Wildman–Crippen MR) is 84.5 cm³/mol. The normalized spacial score (nSPS) is 11.2. The van der Waals surface area contributed by atoms with Crippen molar-refractivity contribution >= 4 is 11.8 Å². The average molecular weight is 282 g/mol. The van der Waals surface area contributed by atoms with Crippen molar-refractivity contribution < 1.29 is 9.53 Å². The molecule has 2 rings (SSSR count). The molecule has 0 saturated carbocycles. The van der Waals surface area contributed by atoms with Gasteiger partial charge in [0.2, 0.25) is 0 Å². The molecule has 21 heavy (non-hydrogen) atoms. The lowest BCUT2D eigenvalue weighted by Gasteiger charge is -2.09. The molecule has 2 N–H and O–H groups in total. The second-order valence-electron chi connectivity index (χ2n) is 4.45. The second kappa shape index (κ2) is 6.70. The van der Waals surface area contributed by atoms with Crippen LogP contribution < -0.4 is 5.73 Å². The number of benzene rings is 2. The first kappa shape index (κ1) is 14.8. The fraction of sp³-hybridized carbons (Fsp3) is 0.176. The molecule has 0 bridgehead atoms. The molecule has 0 aliphatic carbocycles. The van der Waals surface area contributed by atoms with Crippen molar-refractivity contribution in [2.24, 2.45) is 10.7 Å². The largest absolute Gasteiger partial charge is 0.462 e. The first-order valence-electron chi connectivity index (χ1n) is 6.76. The number of esters is 1. The lowest BCUT2D eigenvalue weighted by atomic mass is 9.98. The van der Waals surface area contributed by atoms with Crippen molar-refractivity contribution in [2.45, 2.75) is 6.92 Å². The van der Waals surface area contributed by atoms with E-state index in [1.54, 1.807) is 26.1 Å². The number of hydrogen-bond donors (Lipinski definition) is 1. The molecule has 0 fully saturated rings. The Hall–Kier alpha value is -2.62. The zero-order valence-electron chi connectivity index (χ0n) is 12.2. The summed E-state index contributed by atoms with van der Waals surface area (Å²) >= 11 is 0. The molecule has 0 unspecified atom stereocenters. The van der Waals surface area contributed by atoms with Crippen molar-refractivity contribution in [1.82, 2.24) is 0 Å². The van der Waals surface area contributed by atoms with E-state index in [0.29, 0.717) is 18.0 Å². The monoisotopic (exact) mass is 282 g/mol. The summed E-state index contributed by atoms with van der Waals surface area (Å²) in [7, 11) is 1.66. The van der Waals surface area contributed by atoms with Crippen LogP contribution in [0.3, 0.4) is 0 Å². The summed E-state index contributed by atoms with van der Waals surface area (Å²) in [6.07, 6.45) is 0. The van der Waals surface area contributed by atoms with E-state index in [1.165, 1.54) is 0 Å². The molecule has 0 heterocycles. The third-order valence-electron chi connectivity index (χ3n) is 3.15. The molecule has 0 spiro atoms. The maximum Gasteiger partial charge on any atom is 0.338 e. The summed E-state index contributed by atoms with van der Waals surface area (Å²) in [6, 6.07) is 15.0. The predicted octanol–water partition coefficient (Wildman–Crippen LogP) is 2.87. The molecule has 0 aliphatic heterocycles. The Morgan fingerprint density at radius 1 is 1.14 bits per heavy atom. The molecule has 0 atom stereocenters. The van der Waals surface area contributed by atoms with Gasteiger partial charge in [-0.05, 0) is 30.2 Å². The topological polar surface area (TPSA) is 64.7 Å². The van der Waals surface area contributed by atoms with Gasteiger partial charge in [0.1, 0.15) is 5.84 Å². The second-order valence-corrected chi connectivity index (χ2v) is 4.45. The highest BCUT2D eigenvalue weighted by Gasteiger charge is 2.10. The van der Waals surface area contributed by atoms with Crippen molar-refractivity contribution in [2.75, 3.05) is 13.7 Å². The van der Waals surface area contributed by atoms with E-state index in [0.717, 1.165) is 16.7 Å². The van der Waals surface area contributed by atoms with Crippen LogP contribution in [0.4, 0.5) is 0 Å². The van der Waals surface area contributed by atoms with Crippen LogP contribution in [0, 0.1) is 0 Å². The number of nitrogens with two attached hydrogens (primary N) is 1. The summed E-state index contributed by atoms with van der Waals surface area (Å²) in [5.74, 6) is 0.173. The van der Waals surface area contributed by atoms with Gasteiger partial charge in [0.05, 0.1) is 12.2 Å². The number of rotatable bonds is 4. The minimum absolute atomic E-state index is 0.313. The highest BCUT2D eigenvalue weighted by molar-refractivity contribution is 6.03. The van der Waals surface area contributed by atoms with Crippen LogP contribution in [0.1, 0.15) is 22.8 Å². The smallest absolute Gasteiger partial charge is 0.338 e. The van der Waals surface area contributed by atoms with Gasteiger partial charge in [-0.25, -0.2) is 4.79 Å². The Bertz CT molecular complexity index is 661. The standard InChI is InChI=1S/C17H18N2O2/c1-3-21-17(20)13-10-8-12(9-11-13)14-6-4-5-7-15(14)16(18)19-2/h4-11H,3H2,1-2H3,(H2,18,19). The van der Waals surface area contributed by atoms with Crippen molar-refractivity contribution in [1.29, 1.82) is 0 Å². The van der Waals surface area contributed by atoms with Gasteiger partial charge in [-0.1, -0.05) is 36.4 Å². The zero-order chi connectivity index (χ0) is 15.2. The number of carbonyl (C=O) groups is 1. The Labute approximate surface area is 124 Å². The molecular weight excluding hydrogens is 264 g/mol. The van der Waals surface area contributed by atoms with Gasteiger partial charge in [-0.15, -0.1) is 0 Å². The summed E-state index contributed by atoms with van der Waals surface area (Å²) in [6.45, 7) is 2.16. The van der Waals surface area contributed by atoms with Gasteiger partial charge in [0.15, 0.2) is 0 Å². The van der Waals surface area contributed by atoms with Gasteiger partial charge in [-0.2, -0.15) is 0 Å². The Kier molecular flexibility index (Phi) is 4.72. The molecule has 4 nitrogen and oxygen atoms in total. The van der Waals surface area contributed by atoms with Crippen LogP contribution in [0.25, 0.3) is 11.1 Å². The molecule has 108 valence electrons. The maximum atomic E-state index is 11.7. The van der Waals surface area contributed by atoms with Crippen molar-refractivity contribution in [3.8, 4) is 11.1 Å². The van der Waals surface area contributed by atoms with Crippen LogP contribution in [-0.4, -0.2) is 25.5 Å². The minimum atomic E-state index is -0.313. The summed E-state index contributed by atoms with van der Waals surface area (Å²) < 4.78 is 4.97. The van der Waals surface area contributed by atoms with E-state index in [4.69, 9.17) is 10.5 Å². The quantitative estimate of drug-likeness (QED) is 0.533. The van der Waals surface area contributed by atoms with Crippen LogP contribution in [0.5, 0.6) is 0 Å². The molecule has 0 aromatic heterocycles. The lowest BCUT2D eigenvalue weighted by molar-refractivity contribution is 0.0526. The van der Waals surface area contributed by atoms with Crippen molar-refractivity contribution in [3.05, 3.63) is 59.7 Å². The maximum absolute atomic E-state index is 11.7. The van der Waals surface area contributed by atoms with Crippen molar-refractivity contribution in [3.63, 3.8) is 0 Å². The molecule has 4 heteroatoms. The van der Waals surface area contributed by atoms with E-state index in [9.17, 15) is 4.79 Å². The number of hydrogen-bond acceptors (Lipinski definition) is 3. The molecule has 2 aromatic rings. The van der Waals surface area contributed by atoms with E-state index in [-0.39, 0.29) is 5.97 Å². The van der Waals surface area contributed by atoms with Gasteiger partial charge in [-0.3, -0.25) is 4.99 Å². The number of amidine groups is 1. The van der Waals surface area contributed by atoms with Gasteiger partial charge in [0.25, 0.3) is 0 Å². The van der Waals surface area contributed by atoms with Crippen LogP contribution in [0.2, 0.25) is 0 Å². The first-order chi connectivity index (χ1) is 10.2. The fourth-order valence-corrected chi connectivity index (χ4v) is 2.08. The molecule has 2 aromatic carbocycles. The number of carbonyl (C=O) groups excluding carboxylic acids is 1. The molecule has 0 aliphatic rings. The van der Waals surface area contributed by atoms with E-state index >= 15 is 0 Å². The zero-order valence-corrected chi connectivity index (χ0v) is 12.2. The number of aliphatic imine (C=N–C) groups is 1. The van der Waals surface area contributed by atoms with Gasteiger partial charge < -0.3 is 10.5 Å². The van der Waals surface area contributed by atoms with Crippen LogP contribution >= 0.6 is 0 Å². The van der Waals surface area contributed by atoms with E-state index < -0.39 is 0 Å². The summed E-state index contributed by atoms with van der Waals surface area (Å²) in [4.78, 5) is 15.7. The van der Waals surface area contributed by atoms with Gasteiger partial charge >= 0.3 is 5.97 Å². The fourth-order valence-electron chi connectivity index (χ4n) is 2.08. The highest BCUT2D eigenvalue weighted by Crippen LogP contribution is 2.24. The SMILES string of the molecule is CCOC(=O)c1ccc(-c2ccccc2C(N)=NC)cc1.